The van der Waals surface area contributed by atoms with Crippen LogP contribution in [0.4, 0.5) is 0 Å². The SMILES string of the molecule is COC(=O)C(N)(CSc1cc(C)nn1C)c1ccccc1. The van der Waals surface area contributed by atoms with Crippen LogP contribution < -0.4 is 5.73 Å². The Bertz CT molecular complexity index is 627. The van der Waals surface area contributed by atoms with Gasteiger partial charge in [0, 0.05) is 12.8 Å². The molecule has 0 aliphatic carbocycles. The second kappa shape index (κ2) is 6.32. The third kappa shape index (κ3) is 3.28. The highest BCUT2D eigenvalue weighted by Crippen LogP contribution is 2.29. The van der Waals surface area contributed by atoms with Gasteiger partial charge in [0.25, 0.3) is 0 Å². The molecule has 0 radical (unpaired) electrons. The zero-order valence-corrected chi connectivity index (χ0v) is 13.2. The molecule has 0 fully saturated rings. The minimum atomic E-state index is -1.18. The molecule has 2 N–H and O–H groups in total. The van der Waals surface area contributed by atoms with Gasteiger partial charge in [0.05, 0.1) is 17.8 Å². The van der Waals surface area contributed by atoms with E-state index in [9.17, 15) is 4.79 Å². The summed E-state index contributed by atoms with van der Waals surface area (Å²) in [5.74, 6) is -0.0667. The molecule has 0 aliphatic rings. The Labute approximate surface area is 128 Å². The molecular weight excluding hydrogens is 286 g/mol. The number of ether oxygens (including phenoxy) is 1. The first-order valence-corrected chi connectivity index (χ1v) is 7.52. The second-order valence-electron chi connectivity index (χ2n) is 4.87. The van der Waals surface area contributed by atoms with Crippen LogP contribution in [0.25, 0.3) is 0 Å². The maximum absolute atomic E-state index is 12.2. The molecule has 5 nitrogen and oxygen atoms in total. The number of nitrogens with zero attached hydrogens (tertiary/aromatic N) is 2. The molecule has 0 saturated carbocycles. The Morgan fingerprint density at radius 2 is 2.10 bits per heavy atom. The Hall–Kier alpha value is -1.79. The summed E-state index contributed by atoms with van der Waals surface area (Å²) < 4.78 is 6.67. The van der Waals surface area contributed by atoms with Gasteiger partial charge in [0.2, 0.25) is 0 Å². The quantitative estimate of drug-likeness (QED) is 0.674. The highest BCUT2D eigenvalue weighted by atomic mass is 32.2. The number of methoxy groups -OCH3 is 1. The van der Waals surface area contributed by atoms with Crippen LogP contribution in [0.3, 0.4) is 0 Å². The molecule has 0 spiro atoms. The molecule has 112 valence electrons. The summed E-state index contributed by atoms with van der Waals surface area (Å²) in [6.07, 6.45) is 0. The van der Waals surface area contributed by atoms with Gasteiger partial charge in [0.1, 0.15) is 5.54 Å². The first kappa shape index (κ1) is 15.6. The lowest BCUT2D eigenvalue weighted by Crippen LogP contribution is -2.48. The van der Waals surface area contributed by atoms with E-state index in [2.05, 4.69) is 5.10 Å². The summed E-state index contributed by atoms with van der Waals surface area (Å²) in [4.78, 5) is 12.2. The first-order chi connectivity index (χ1) is 9.97. The Morgan fingerprint density at radius 1 is 1.43 bits per heavy atom. The van der Waals surface area contributed by atoms with Crippen LogP contribution in [0.5, 0.6) is 0 Å². The summed E-state index contributed by atoms with van der Waals surface area (Å²) in [5.41, 5.74) is 6.84. The Morgan fingerprint density at radius 3 is 2.62 bits per heavy atom. The molecule has 6 heteroatoms. The zero-order valence-electron chi connectivity index (χ0n) is 12.4. The molecule has 2 aromatic rings. The minimum Gasteiger partial charge on any atom is -0.467 e. The Kier molecular flexibility index (Phi) is 4.69. The van der Waals surface area contributed by atoms with Crippen molar-refractivity contribution in [2.24, 2.45) is 12.8 Å². The molecule has 0 amide bonds. The highest BCUT2D eigenvalue weighted by molar-refractivity contribution is 7.99. The molecule has 1 atom stereocenters. The maximum atomic E-state index is 12.2. The van der Waals surface area contributed by atoms with Crippen molar-refractivity contribution in [1.82, 2.24) is 9.78 Å². The predicted molar refractivity (Wildman–Crippen MR) is 83.0 cm³/mol. The smallest absolute Gasteiger partial charge is 0.331 e. The number of hydrogen-bond acceptors (Lipinski definition) is 5. The molecule has 0 aliphatic heterocycles. The van der Waals surface area contributed by atoms with E-state index in [4.69, 9.17) is 10.5 Å². The molecule has 1 aromatic carbocycles. The van der Waals surface area contributed by atoms with E-state index < -0.39 is 11.5 Å². The van der Waals surface area contributed by atoms with E-state index in [-0.39, 0.29) is 0 Å². The van der Waals surface area contributed by atoms with Gasteiger partial charge in [-0.3, -0.25) is 4.68 Å². The average molecular weight is 305 g/mol. The minimum absolute atomic E-state index is 0.378. The summed E-state index contributed by atoms with van der Waals surface area (Å²) >= 11 is 1.49. The fraction of sp³-hybridized carbons (Fsp3) is 0.333. The van der Waals surface area contributed by atoms with Crippen LogP contribution >= 0.6 is 11.8 Å². The number of benzene rings is 1. The summed E-state index contributed by atoms with van der Waals surface area (Å²) in [7, 11) is 3.22. The van der Waals surface area contributed by atoms with Gasteiger partial charge in [-0.15, -0.1) is 11.8 Å². The van der Waals surface area contributed by atoms with Crippen LogP contribution in [0.15, 0.2) is 41.4 Å². The van der Waals surface area contributed by atoms with Crippen molar-refractivity contribution < 1.29 is 9.53 Å². The average Bonchev–Trinajstić information content (AvgIpc) is 2.82. The maximum Gasteiger partial charge on any atom is 0.331 e. The van der Waals surface area contributed by atoms with Gasteiger partial charge in [-0.25, -0.2) is 4.79 Å². The van der Waals surface area contributed by atoms with Crippen LogP contribution in [-0.4, -0.2) is 28.6 Å². The highest BCUT2D eigenvalue weighted by Gasteiger charge is 2.37. The third-order valence-electron chi connectivity index (χ3n) is 3.25. The predicted octanol–water partition coefficient (Wildman–Crippen LogP) is 1.85. The second-order valence-corrected chi connectivity index (χ2v) is 5.86. The summed E-state index contributed by atoms with van der Waals surface area (Å²) in [5, 5.41) is 5.25. The number of hydrogen-bond donors (Lipinski definition) is 1. The topological polar surface area (TPSA) is 70.1 Å². The molecular formula is C15H19N3O2S. The number of carbonyl (C=O) groups excluding carboxylic acids is 1. The van der Waals surface area contributed by atoms with Gasteiger partial charge in [-0.1, -0.05) is 30.3 Å². The van der Waals surface area contributed by atoms with Gasteiger partial charge < -0.3 is 10.5 Å². The standard InChI is InChI=1S/C15H19N3O2S/c1-11-9-13(18(2)17-11)21-10-15(16,14(19)20-3)12-7-5-4-6-8-12/h4-9H,10,16H2,1-3H3. The van der Waals surface area contributed by atoms with E-state index in [1.54, 1.807) is 4.68 Å². The fourth-order valence-electron chi connectivity index (χ4n) is 2.09. The van der Waals surface area contributed by atoms with Crippen LogP contribution in [0.1, 0.15) is 11.3 Å². The van der Waals surface area contributed by atoms with Crippen molar-refractivity contribution in [2.45, 2.75) is 17.5 Å². The molecule has 0 saturated heterocycles. The molecule has 1 unspecified atom stereocenters. The van der Waals surface area contributed by atoms with Gasteiger partial charge in [-0.2, -0.15) is 5.10 Å². The van der Waals surface area contributed by atoms with Crippen molar-refractivity contribution in [1.29, 1.82) is 0 Å². The molecule has 1 aromatic heterocycles. The number of rotatable bonds is 5. The van der Waals surface area contributed by atoms with Gasteiger partial charge in [0.15, 0.2) is 0 Å². The van der Waals surface area contributed by atoms with Crippen LogP contribution in [0, 0.1) is 6.92 Å². The lowest BCUT2D eigenvalue weighted by Gasteiger charge is -2.26. The van der Waals surface area contributed by atoms with Crippen molar-refractivity contribution in [3.63, 3.8) is 0 Å². The van der Waals surface area contributed by atoms with Crippen LogP contribution in [-0.2, 0) is 22.1 Å². The monoisotopic (exact) mass is 305 g/mol. The van der Waals surface area contributed by atoms with E-state index in [1.165, 1.54) is 18.9 Å². The lowest BCUT2D eigenvalue weighted by atomic mass is 9.93. The Balaban J connectivity index is 2.25. The third-order valence-corrected chi connectivity index (χ3v) is 4.52. The van der Waals surface area contributed by atoms with Crippen molar-refractivity contribution in [3.8, 4) is 0 Å². The number of esters is 1. The normalized spacial score (nSPS) is 13.7. The number of aryl methyl sites for hydroxylation is 2. The summed E-state index contributed by atoms with van der Waals surface area (Å²) in [6, 6.07) is 11.3. The number of carbonyl (C=O) groups is 1. The van der Waals surface area contributed by atoms with E-state index in [1.807, 2.05) is 50.4 Å². The first-order valence-electron chi connectivity index (χ1n) is 6.53. The van der Waals surface area contributed by atoms with Gasteiger partial charge in [-0.05, 0) is 18.6 Å². The zero-order chi connectivity index (χ0) is 15.5. The number of thioether (sulfide) groups is 1. The van der Waals surface area contributed by atoms with Crippen molar-refractivity contribution in [3.05, 3.63) is 47.7 Å². The van der Waals surface area contributed by atoms with Crippen molar-refractivity contribution in [2.75, 3.05) is 12.9 Å². The molecule has 0 bridgehead atoms. The van der Waals surface area contributed by atoms with E-state index >= 15 is 0 Å². The van der Waals surface area contributed by atoms with E-state index in [0.717, 1.165) is 16.3 Å². The molecule has 21 heavy (non-hydrogen) atoms. The van der Waals surface area contributed by atoms with Crippen molar-refractivity contribution >= 4 is 17.7 Å². The molecule has 2 rings (SSSR count). The lowest BCUT2D eigenvalue weighted by molar-refractivity contribution is -0.146. The number of aromatic nitrogens is 2. The fourth-order valence-corrected chi connectivity index (χ4v) is 3.23. The van der Waals surface area contributed by atoms with E-state index in [0.29, 0.717) is 5.75 Å². The van der Waals surface area contributed by atoms with Crippen LogP contribution in [0.2, 0.25) is 0 Å². The van der Waals surface area contributed by atoms with Gasteiger partial charge >= 0.3 is 5.97 Å². The molecule has 1 heterocycles. The largest absolute Gasteiger partial charge is 0.467 e. The summed E-state index contributed by atoms with van der Waals surface area (Å²) in [6.45, 7) is 1.93. The number of nitrogens with two attached hydrogens (primary N) is 1.